The zero-order valence-electron chi connectivity index (χ0n) is 16.9. The van der Waals surface area contributed by atoms with Crippen molar-refractivity contribution in [3.63, 3.8) is 0 Å². The second-order valence-electron chi connectivity index (χ2n) is 7.33. The summed E-state index contributed by atoms with van der Waals surface area (Å²) in [6, 6.07) is 10.0. The normalized spacial score (nSPS) is 11.9. The second-order valence-corrected chi connectivity index (χ2v) is 8.21. The van der Waals surface area contributed by atoms with Crippen molar-refractivity contribution in [1.29, 1.82) is 0 Å². The van der Waals surface area contributed by atoms with Gasteiger partial charge in [-0.05, 0) is 62.9 Å². The lowest BCUT2D eigenvalue weighted by atomic mass is 9.98. The molecule has 7 heteroatoms. The molecule has 0 atom stereocenters. The summed E-state index contributed by atoms with van der Waals surface area (Å²) in [4.78, 5) is 14.7. The molecule has 29 heavy (non-hydrogen) atoms. The highest BCUT2D eigenvalue weighted by Crippen LogP contribution is 2.30. The molecule has 0 unspecified atom stereocenters. The molecule has 0 saturated heterocycles. The van der Waals surface area contributed by atoms with E-state index in [0.29, 0.717) is 5.82 Å². The number of rotatable bonds is 5. The number of benzene rings is 1. The van der Waals surface area contributed by atoms with Gasteiger partial charge in [0.25, 0.3) is 0 Å². The molecule has 148 valence electrons. The van der Waals surface area contributed by atoms with Crippen molar-refractivity contribution >= 4 is 22.7 Å². The summed E-state index contributed by atoms with van der Waals surface area (Å²) in [6.45, 7) is 6.36. The molecular weight excluding hydrogens is 382 g/mol. The SMILES string of the molecule is CCn1nc(-c2ncc(-c3cc(C(C)(C)O)ccn3)cn2)c2cc(SC)ccc21. The van der Waals surface area contributed by atoms with Crippen LogP contribution in [0.4, 0.5) is 0 Å². The van der Waals surface area contributed by atoms with E-state index in [1.807, 2.05) is 16.8 Å². The molecule has 0 amide bonds. The molecule has 4 aromatic rings. The minimum atomic E-state index is -0.931. The van der Waals surface area contributed by atoms with Gasteiger partial charge < -0.3 is 5.11 Å². The molecule has 3 heterocycles. The van der Waals surface area contributed by atoms with Crippen LogP contribution in [0.25, 0.3) is 33.7 Å². The number of hydrogen-bond donors (Lipinski definition) is 1. The Morgan fingerprint density at radius 2 is 1.83 bits per heavy atom. The summed E-state index contributed by atoms with van der Waals surface area (Å²) in [5.74, 6) is 0.586. The fourth-order valence-corrected chi connectivity index (χ4v) is 3.68. The average molecular weight is 406 g/mol. The van der Waals surface area contributed by atoms with Gasteiger partial charge in [0.15, 0.2) is 5.82 Å². The van der Waals surface area contributed by atoms with Crippen LogP contribution in [-0.2, 0) is 12.1 Å². The third kappa shape index (κ3) is 3.75. The second kappa shape index (κ2) is 7.57. The Morgan fingerprint density at radius 1 is 1.07 bits per heavy atom. The Morgan fingerprint density at radius 3 is 2.48 bits per heavy atom. The molecule has 6 nitrogen and oxygen atoms in total. The molecule has 0 saturated carbocycles. The topological polar surface area (TPSA) is 76.7 Å². The Hall–Kier alpha value is -2.77. The lowest BCUT2D eigenvalue weighted by Crippen LogP contribution is -2.15. The molecule has 0 aliphatic heterocycles. The smallest absolute Gasteiger partial charge is 0.180 e. The minimum Gasteiger partial charge on any atom is -0.386 e. The fraction of sp³-hybridized carbons (Fsp3) is 0.273. The van der Waals surface area contributed by atoms with Crippen LogP contribution in [0, 0.1) is 0 Å². The van der Waals surface area contributed by atoms with Crippen LogP contribution in [0.1, 0.15) is 26.3 Å². The molecule has 1 N–H and O–H groups in total. The van der Waals surface area contributed by atoms with Crippen molar-refractivity contribution in [3.8, 4) is 22.8 Å². The van der Waals surface area contributed by atoms with Gasteiger partial charge in [-0.2, -0.15) is 5.10 Å². The van der Waals surface area contributed by atoms with Gasteiger partial charge in [0, 0.05) is 41.0 Å². The molecule has 0 spiro atoms. The lowest BCUT2D eigenvalue weighted by molar-refractivity contribution is 0.0785. The maximum absolute atomic E-state index is 10.3. The van der Waals surface area contributed by atoms with E-state index in [-0.39, 0.29) is 0 Å². The van der Waals surface area contributed by atoms with E-state index in [0.717, 1.165) is 40.0 Å². The number of aryl methyl sites for hydroxylation is 1. The third-order valence-electron chi connectivity index (χ3n) is 4.88. The first-order valence-corrected chi connectivity index (χ1v) is 10.7. The van der Waals surface area contributed by atoms with Gasteiger partial charge >= 0.3 is 0 Å². The van der Waals surface area contributed by atoms with Crippen molar-refractivity contribution in [2.75, 3.05) is 6.26 Å². The first-order chi connectivity index (χ1) is 13.9. The van der Waals surface area contributed by atoms with Crippen molar-refractivity contribution < 1.29 is 5.11 Å². The maximum atomic E-state index is 10.3. The van der Waals surface area contributed by atoms with Gasteiger partial charge in [-0.15, -0.1) is 11.8 Å². The maximum Gasteiger partial charge on any atom is 0.180 e. The molecule has 3 aromatic heterocycles. The van der Waals surface area contributed by atoms with E-state index in [1.165, 1.54) is 4.90 Å². The third-order valence-corrected chi connectivity index (χ3v) is 5.61. The van der Waals surface area contributed by atoms with Crippen LogP contribution in [-0.4, -0.2) is 36.1 Å². The van der Waals surface area contributed by atoms with Crippen LogP contribution in [0.15, 0.2) is 53.8 Å². The number of aliphatic hydroxyl groups is 1. The van der Waals surface area contributed by atoms with Crippen LogP contribution in [0.5, 0.6) is 0 Å². The van der Waals surface area contributed by atoms with E-state index in [2.05, 4.69) is 46.3 Å². The van der Waals surface area contributed by atoms with Crippen molar-refractivity contribution in [1.82, 2.24) is 24.7 Å². The average Bonchev–Trinajstić information content (AvgIpc) is 3.11. The van der Waals surface area contributed by atoms with Crippen LogP contribution in [0.2, 0.25) is 0 Å². The molecule has 0 aliphatic carbocycles. The quantitative estimate of drug-likeness (QED) is 0.492. The minimum absolute atomic E-state index is 0.586. The summed E-state index contributed by atoms with van der Waals surface area (Å²) in [5.41, 5.74) is 3.24. The van der Waals surface area contributed by atoms with Crippen LogP contribution in [0.3, 0.4) is 0 Å². The van der Waals surface area contributed by atoms with E-state index in [9.17, 15) is 5.11 Å². The number of aromatic nitrogens is 5. The number of thioether (sulfide) groups is 1. The lowest BCUT2D eigenvalue weighted by Gasteiger charge is -2.18. The fourth-order valence-electron chi connectivity index (χ4n) is 3.24. The summed E-state index contributed by atoms with van der Waals surface area (Å²) in [7, 11) is 0. The van der Waals surface area contributed by atoms with Crippen LogP contribution >= 0.6 is 11.8 Å². The summed E-state index contributed by atoms with van der Waals surface area (Å²) >= 11 is 1.70. The van der Waals surface area contributed by atoms with Gasteiger partial charge in [-0.25, -0.2) is 9.97 Å². The van der Waals surface area contributed by atoms with E-state index < -0.39 is 5.60 Å². The number of fused-ring (bicyclic) bond motifs is 1. The molecule has 4 rings (SSSR count). The molecule has 1 aromatic carbocycles. The summed E-state index contributed by atoms with van der Waals surface area (Å²) < 4.78 is 1.97. The van der Waals surface area contributed by atoms with Crippen molar-refractivity contribution in [2.45, 2.75) is 37.8 Å². The highest BCUT2D eigenvalue weighted by atomic mass is 32.2. The predicted octanol–water partition coefficient (Wildman–Crippen LogP) is 4.52. The molecule has 0 bridgehead atoms. The van der Waals surface area contributed by atoms with E-state index in [1.54, 1.807) is 44.2 Å². The van der Waals surface area contributed by atoms with Gasteiger partial charge in [0.1, 0.15) is 5.69 Å². The Bertz CT molecular complexity index is 1160. The summed E-state index contributed by atoms with van der Waals surface area (Å²) in [6.07, 6.45) is 7.27. The number of hydrogen-bond acceptors (Lipinski definition) is 6. The number of pyridine rings is 1. The zero-order chi connectivity index (χ0) is 20.6. The molecule has 0 fully saturated rings. The number of nitrogens with zero attached hydrogens (tertiary/aromatic N) is 5. The van der Waals surface area contributed by atoms with Gasteiger partial charge in [0.2, 0.25) is 0 Å². The van der Waals surface area contributed by atoms with Crippen molar-refractivity contribution in [2.24, 2.45) is 0 Å². The predicted molar refractivity (Wildman–Crippen MR) is 117 cm³/mol. The van der Waals surface area contributed by atoms with E-state index in [4.69, 9.17) is 5.10 Å². The highest BCUT2D eigenvalue weighted by Gasteiger charge is 2.18. The zero-order valence-corrected chi connectivity index (χ0v) is 17.7. The van der Waals surface area contributed by atoms with E-state index >= 15 is 0 Å². The molecule has 0 radical (unpaired) electrons. The Balaban J connectivity index is 1.75. The standard InChI is InChI=1S/C22H23N5OS/c1-5-27-19-7-6-16(29-4)11-17(19)20(26-27)21-24-12-14(13-25-21)18-10-15(8-9-23-18)22(2,3)28/h6-13,28H,5H2,1-4H3. The first-order valence-electron chi connectivity index (χ1n) is 9.47. The van der Waals surface area contributed by atoms with Crippen LogP contribution < -0.4 is 0 Å². The van der Waals surface area contributed by atoms with Gasteiger partial charge in [0.05, 0.1) is 16.8 Å². The van der Waals surface area contributed by atoms with Gasteiger partial charge in [-0.1, -0.05) is 0 Å². The molecular formula is C22H23N5OS. The van der Waals surface area contributed by atoms with Gasteiger partial charge in [-0.3, -0.25) is 9.67 Å². The highest BCUT2D eigenvalue weighted by molar-refractivity contribution is 7.98. The molecule has 0 aliphatic rings. The largest absolute Gasteiger partial charge is 0.386 e. The first kappa shape index (κ1) is 19.5. The Kier molecular flexibility index (Phi) is 5.10. The monoisotopic (exact) mass is 405 g/mol. The Labute approximate surface area is 174 Å². The summed E-state index contributed by atoms with van der Waals surface area (Å²) in [5, 5.41) is 16.0. The van der Waals surface area contributed by atoms with Crippen molar-refractivity contribution in [3.05, 3.63) is 54.5 Å².